The zero-order valence-electron chi connectivity index (χ0n) is 10.4. The second kappa shape index (κ2) is 6.08. The fourth-order valence-electron chi connectivity index (χ4n) is 1.49. The molecule has 0 spiro atoms. The Morgan fingerprint density at radius 3 is 2.42 bits per heavy atom. The molecule has 0 saturated carbocycles. The van der Waals surface area contributed by atoms with Crippen molar-refractivity contribution in [2.24, 2.45) is 0 Å². The van der Waals surface area contributed by atoms with Crippen molar-refractivity contribution in [2.75, 3.05) is 7.11 Å². The van der Waals surface area contributed by atoms with Crippen LogP contribution in [0.1, 0.15) is 18.6 Å². The number of benzene rings is 1. The lowest BCUT2D eigenvalue weighted by Gasteiger charge is -2.13. The van der Waals surface area contributed by atoms with Gasteiger partial charge in [-0.2, -0.15) is 9.97 Å². The molecule has 0 amide bonds. The summed E-state index contributed by atoms with van der Waals surface area (Å²) in [6.07, 6.45) is 1.26. The molecule has 1 unspecified atom stereocenters. The third-order valence-electron chi connectivity index (χ3n) is 2.53. The summed E-state index contributed by atoms with van der Waals surface area (Å²) >= 11 is 11.7. The number of halogens is 2. The quantitative estimate of drug-likeness (QED) is 0.802. The highest BCUT2D eigenvalue weighted by molar-refractivity contribution is 6.31. The molecule has 0 aliphatic rings. The summed E-state index contributed by atoms with van der Waals surface area (Å²) < 4.78 is 10.6. The number of hydrogen-bond donors (Lipinski definition) is 0. The summed E-state index contributed by atoms with van der Waals surface area (Å²) in [5.74, 6) is 0.410. The van der Waals surface area contributed by atoms with E-state index < -0.39 is 0 Å². The second-order valence-corrected chi connectivity index (χ2v) is 4.62. The average molecular weight is 299 g/mol. The molecule has 0 radical (unpaired) electrons. The van der Waals surface area contributed by atoms with E-state index in [1.54, 1.807) is 12.1 Å². The van der Waals surface area contributed by atoms with E-state index in [1.807, 2.05) is 19.1 Å². The van der Waals surface area contributed by atoms with Gasteiger partial charge in [-0.1, -0.05) is 35.3 Å². The van der Waals surface area contributed by atoms with Crippen molar-refractivity contribution in [1.82, 2.24) is 9.97 Å². The summed E-state index contributed by atoms with van der Waals surface area (Å²) in [6, 6.07) is 7.58. The molecular weight excluding hydrogens is 287 g/mol. The Labute approximate surface area is 121 Å². The maximum absolute atomic E-state index is 5.91. The van der Waals surface area contributed by atoms with Gasteiger partial charge < -0.3 is 9.47 Å². The van der Waals surface area contributed by atoms with Crippen molar-refractivity contribution in [3.63, 3.8) is 0 Å². The van der Waals surface area contributed by atoms with Crippen LogP contribution in [0.5, 0.6) is 11.8 Å². The Balaban J connectivity index is 2.12. The fraction of sp³-hybridized carbons (Fsp3) is 0.231. The van der Waals surface area contributed by atoms with Crippen LogP contribution in [-0.4, -0.2) is 17.1 Å². The molecule has 19 heavy (non-hydrogen) atoms. The van der Waals surface area contributed by atoms with E-state index in [0.717, 1.165) is 5.56 Å². The van der Waals surface area contributed by atoms with Crippen molar-refractivity contribution < 1.29 is 9.47 Å². The first-order valence-corrected chi connectivity index (χ1v) is 6.34. The van der Waals surface area contributed by atoms with E-state index in [2.05, 4.69) is 9.97 Å². The zero-order valence-corrected chi connectivity index (χ0v) is 11.9. The summed E-state index contributed by atoms with van der Waals surface area (Å²) in [4.78, 5) is 8.03. The Morgan fingerprint density at radius 1 is 1.16 bits per heavy atom. The molecule has 0 aliphatic carbocycles. The Bertz CT molecular complexity index is 561. The highest BCUT2D eigenvalue weighted by Crippen LogP contribution is 2.25. The maximum Gasteiger partial charge on any atom is 0.318 e. The van der Waals surface area contributed by atoms with Crippen LogP contribution in [0.15, 0.2) is 30.5 Å². The molecule has 0 bridgehead atoms. The smallest absolute Gasteiger partial charge is 0.318 e. The molecule has 0 N–H and O–H groups in total. The molecule has 4 nitrogen and oxygen atoms in total. The summed E-state index contributed by atoms with van der Waals surface area (Å²) in [5.41, 5.74) is 0.972. The number of rotatable bonds is 4. The Morgan fingerprint density at radius 2 is 1.84 bits per heavy atom. The largest absolute Gasteiger partial charge is 0.492 e. The number of ether oxygens (including phenoxy) is 2. The van der Waals surface area contributed by atoms with E-state index in [1.165, 1.54) is 13.3 Å². The fourth-order valence-corrected chi connectivity index (χ4v) is 1.81. The van der Waals surface area contributed by atoms with E-state index in [4.69, 9.17) is 32.7 Å². The topological polar surface area (TPSA) is 44.2 Å². The van der Waals surface area contributed by atoms with Crippen LogP contribution in [-0.2, 0) is 0 Å². The second-order valence-electron chi connectivity index (χ2n) is 3.82. The van der Waals surface area contributed by atoms with Crippen LogP contribution < -0.4 is 9.47 Å². The van der Waals surface area contributed by atoms with Gasteiger partial charge in [0, 0.05) is 5.02 Å². The normalized spacial score (nSPS) is 12.0. The first-order valence-electron chi connectivity index (χ1n) is 5.59. The highest BCUT2D eigenvalue weighted by Gasteiger charge is 2.11. The maximum atomic E-state index is 5.91. The molecule has 6 heteroatoms. The van der Waals surface area contributed by atoms with E-state index in [-0.39, 0.29) is 17.3 Å². The predicted molar refractivity (Wildman–Crippen MR) is 74.1 cm³/mol. The van der Waals surface area contributed by atoms with Gasteiger partial charge in [0.05, 0.1) is 13.3 Å². The van der Waals surface area contributed by atoms with Gasteiger partial charge in [-0.15, -0.1) is 0 Å². The SMILES string of the molecule is COc1cnc(OC(C)c2ccc(Cl)cc2)nc1Cl. The molecule has 100 valence electrons. The minimum absolute atomic E-state index is 0.202. The molecule has 0 aliphatic heterocycles. The standard InChI is InChI=1S/C13H12Cl2N2O2/c1-8(9-3-5-10(14)6-4-9)19-13-16-7-11(18-2)12(15)17-13/h3-8H,1-2H3. The third-order valence-corrected chi connectivity index (χ3v) is 3.05. The molecule has 2 rings (SSSR count). The zero-order chi connectivity index (χ0) is 13.8. The van der Waals surface area contributed by atoms with E-state index >= 15 is 0 Å². The highest BCUT2D eigenvalue weighted by atomic mass is 35.5. The number of hydrogen-bond acceptors (Lipinski definition) is 4. The van der Waals surface area contributed by atoms with Crippen LogP contribution in [0.3, 0.4) is 0 Å². The van der Waals surface area contributed by atoms with Gasteiger partial charge in [-0.25, -0.2) is 0 Å². The lowest BCUT2D eigenvalue weighted by Crippen LogP contribution is -2.06. The third kappa shape index (κ3) is 3.49. The molecular formula is C13H12Cl2N2O2. The van der Waals surface area contributed by atoms with Gasteiger partial charge in [0.15, 0.2) is 10.9 Å². The molecule has 1 aromatic heterocycles. The molecule has 1 aromatic carbocycles. The lowest BCUT2D eigenvalue weighted by molar-refractivity contribution is 0.206. The van der Waals surface area contributed by atoms with E-state index in [9.17, 15) is 0 Å². The monoisotopic (exact) mass is 298 g/mol. The minimum Gasteiger partial charge on any atom is -0.492 e. The van der Waals surface area contributed by atoms with Crippen LogP contribution in [0.4, 0.5) is 0 Å². The van der Waals surface area contributed by atoms with Crippen LogP contribution in [0.25, 0.3) is 0 Å². The van der Waals surface area contributed by atoms with Gasteiger partial charge in [-0.05, 0) is 24.6 Å². The number of aromatic nitrogens is 2. The van der Waals surface area contributed by atoms with E-state index in [0.29, 0.717) is 10.8 Å². The summed E-state index contributed by atoms with van der Waals surface area (Å²) in [7, 11) is 1.50. The Hall–Kier alpha value is -1.52. The van der Waals surface area contributed by atoms with Gasteiger partial charge in [0.1, 0.15) is 6.10 Å². The summed E-state index contributed by atoms with van der Waals surface area (Å²) in [5, 5.41) is 0.899. The van der Waals surface area contributed by atoms with Crippen molar-refractivity contribution >= 4 is 23.2 Å². The molecule has 0 saturated heterocycles. The van der Waals surface area contributed by atoms with Gasteiger partial charge >= 0.3 is 6.01 Å². The van der Waals surface area contributed by atoms with Crippen molar-refractivity contribution in [3.05, 3.63) is 46.2 Å². The molecule has 0 fully saturated rings. The minimum atomic E-state index is -0.207. The lowest BCUT2D eigenvalue weighted by atomic mass is 10.1. The van der Waals surface area contributed by atoms with Crippen molar-refractivity contribution in [2.45, 2.75) is 13.0 Å². The molecule has 2 aromatic rings. The van der Waals surface area contributed by atoms with Gasteiger partial charge in [-0.3, -0.25) is 0 Å². The molecule has 1 atom stereocenters. The van der Waals surface area contributed by atoms with Gasteiger partial charge in [0.2, 0.25) is 0 Å². The van der Waals surface area contributed by atoms with Crippen LogP contribution in [0.2, 0.25) is 10.2 Å². The Kier molecular flexibility index (Phi) is 4.45. The van der Waals surface area contributed by atoms with Crippen molar-refractivity contribution in [1.29, 1.82) is 0 Å². The van der Waals surface area contributed by atoms with Crippen LogP contribution in [0, 0.1) is 0 Å². The van der Waals surface area contributed by atoms with Crippen LogP contribution >= 0.6 is 23.2 Å². The summed E-state index contributed by atoms with van der Waals surface area (Å²) in [6.45, 7) is 1.89. The first-order chi connectivity index (χ1) is 9.10. The predicted octanol–water partition coefficient (Wildman–Crippen LogP) is 3.93. The van der Waals surface area contributed by atoms with Crippen molar-refractivity contribution in [3.8, 4) is 11.8 Å². The molecule has 1 heterocycles. The first kappa shape index (κ1) is 13.9. The number of methoxy groups -OCH3 is 1. The number of nitrogens with zero attached hydrogens (tertiary/aromatic N) is 2. The van der Waals surface area contributed by atoms with Gasteiger partial charge in [0.25, 0.3) is 0 Å². The average Bonchev–Trinajstić information content (AvgIpc) is 2.39.